The topological polar surface area (TPSA) is 99.6 Å². The fourth-order valence-electron chi connectivity index (χ4n) is 2.95. The van der Waals surface area contributed by atoms with Crippen LogP contribution >= 0.6 is 11.6 Å². The van der Waals surface area contributed by atoms with Gasteiger partial charge in [0.1, 0.15) is 23.8 Å². The maximum atomic E-state index is 12.4. The van der Waals surface area contributed by atoms with Crippen molar-refractivity contribution >= 4 is 23.7 Å². The Morgan fingerprint density at radius 2 is 1.91 bits per heavy atom. The Labute approximate surface area is 189 Å². The summed E-state index contributed by atoms with van der Waals surface area (Å²) < 4.78 is 5.97. The third-order valence-electron chi connectivity index (χ3n) is 4.54. The second kappa shape index (κ2) is 9.80. The molecule has 0 aliphatic carbocycles. The number of aromatic nitrogens is 2. The minimum Gasteiger partial charge on any atom is -0.508 e. The van der Waals surface area contributed by atoms with Crippen molar-refractivity contribution in [3.05, 3.63) is 101 Å². The van der Waals surface area contributed by atoms with Crippen LogP contribution in [0.3, 0.4) is 0 Å². The van der Waals surface area contributed by atoms with Gasteiger partial charge in [-0.1, -0.05) is 48.0 Å². The van der Waals surface area contributed by atoms with Gasteiger partial charge in [0.05, 0.1) is 11.9 Å². The first-order valence-corrected chi connectivity index (χ1v) is 10.1. The number of hydrogen-bond donors (Lipinski definition) is 3. The first-order valence-electron chi connectivity index (χ1n) is 9.73. The molecule has 0 fully saturated rings. The van der Waals surface area contributed by atoms with Gasteiger partial charge < -0.3 is 9.84 Å². The molecule has 0 saturated heterocycles. The Hall–Kier alpha value is -4.10. The zero-order chi connectivity index (χ0) is 22.3. The maximum Gasteiger partial charge on any atom is 0.289 e. The Morgan fingerprint density at radius 1 is 1.09 bits per heavy atom. The number of aromatic hydroxyl groups is 1. The van der Waals surface area contributed by atoms with E-state index >= 15 is 0 Å². The molecule has 3 N–H and O–H groups in total. The van der Waals surface area contributed by atoms with Crippen LogP contribution in [0.25, 0.3) is 11.3 Å². The number of benzene rings is 3. The number of carbonyl (C=O) groups excluding carboxylic acids is 1. The summed E-state index contributed by atoms with van der Waals surface area (Å²) in [5, 5.41) is 21.0. The Bertz CT molecular complexity index is 1250. The van der Waals surface area contributed by atoms with Gasteiger partial charge in [0.2, 0.25) is 0 Å². The number of amides is 1. The van der Waals surface area contributed by atoms with Gasteiger partial charge in [0, 0.05) is 10.6 Å². The van der Waals surface area contributed by atoms with E-state index in [1.807, 2.05) is 48.5 Å². The molecule has 0 saturated carbocycles. The number of hydrogen-bond acceptors (Lipinski definition) is 5. The van der Waals surface area contributed by atoms with E-state index in [1.165, 1.54) is 12.3 Å². The lowest BCUT2D eigenvalue weighted by Gasteiger charge is -2.10. The molecular formula is C24H19ClN4O3. The molecule has 0 bridgehead atoms. The summed E-state index contributed by atoms with van der Waals surface area (Å²) in [6.45, 7) is 0.371. The van der Waals surface area contributed by atoms with Gasteiger partial charge in [-0.2, -0.15) is 10.2 Å². The van der Waals surface area contributed by atoms with Gasteiger partial charge in [-0.15, -0.1) is 0 Å². The summed E-state index contributed by atoms with van der Waals surface area (Å²) in [5.41, 5.74) is 5.64. The second-order valence-electron chi connectivity index (χ2n) is 6.87. The van der Waals surface area contributed by atoms with E-state index in [1.54, 1.807) is 24.3 Å². The second-order valence-corrected chi connectivity index (χ2v) is 7.31. The van der Waals surface area contributed by atoms with E-state index in [2.05, 4.69) is 20.7 Å². The van der Waals surface area contributed by atoms with Gasteiger partial charge in [0.15, 0.2) is 0 Å². The van der Waals surface area contributed by atoms with Crippen LogP contribution in [0.4, 0.5) is 0 Å². The molecule has 3 aromatic carbocycles. The van der Waals surface area contributed by atoms with E-state index < -0.39 is 5.91 Å². The molecule has 4 rings (SSSR count). The number of rotatable bonds is 7. The molecule has 0 spiro atoms. The highest BCUT2D eigenvalue weighted by molar-refractivity contribution is 6.30. The van der Waals surface area contributed by atoms with Crippen molar-refractivity contribution in [3.63, 3.8) is 0 Å². The average molecular weight is 447 g/mol. The van der Waals surface area contributed by atoms with E-state index in [4.69, 9.17) is 16.3 Å². The van der Waals surface area contributed by atoms with Crippen molar-refractivity contribution in [2.75, 3.05) is 0 Å². The predicted octanol–water partition coefficient (Wildman–Crippen LogP) is 4.78. The highest BCUT2D eigenvalue weighted by atomic mass is 35.5. The van der Waals surface area contributed by atoms with Crippen LogP contribution in [-0.2, 0) is 6.61 Å². The van der Waals surface area contributed by atoms with E-state index in [-0.39, 0.29) is 11.4 Å². The van der Waals surface area contributed by atoms with Crippen molar-refractivity contribution in [2.45, 2.75) is 6.61 Å². The molecular weight excluding hydrogens is 428 g/mol. The normalized spacial score (nSPS) is 10.9. The van der Waals surface area contributed by atoms with Gasteiger partial charge in [0.25, 0.3) is 5.91 Å². The standard InChI is InChI=1S/C24H19ClN4O3/c25-18-10-8-16(9-11-18)15-32-23-7-2-1-6-20(23)21-13-22(28-27-21)24(31)29-26-14-17-4-3-5-19(30)12-17/h1-14,30H,15H2,(H,27,28)(H,29,31)/b26-14-. The van der Waals surface area contributed by atoms with Crippen molar-refractivity contribution < 1.29 is 14.6 Å². The van der Waals surface area contributed by atoms with Crippen molar-refractivity contribution in [3.8, 4) is 22.8 Å². The molecule has 160 valence electrons. The summed E-state index contributed by atoms with van der Waals surface area (Å²) >= 11 is 5.93. The van der Waals surface area contributed by atoms with Crippen molar-refractivity contribution in [1.29, 1.82) is 0 Å². The summed E-state index contributed by atoms with van der Waals surface area (Å²) in [4.78, 5) is 12.4. The lowest BCUT2D eigenvalue weighted by molar-refractivity contribution is 0.0950. The monoisotopic (exact) mass is 446 g/mol. The fraction of sp³-hybridized carbons (Fsp3) is 0.0417. The average Bonchev–Trinajstić information content (AvgIpc) is 3.29. The van der Waals surface area contributed by atoms with Crippen molar-refractivity contribution in [1.82, 2.24) is 15.6 Å². The summed E-state index contributed by atoms with van der Waals surface area (Å²) in [7, 11) is 0. The van der Waals surface area contributed by atoms with Gasteiger partial charge >= 0.3 is 0 Å². The lowest BCUT2D eigenvalue weighted by atomic mass is 10.1. The largest absolute Gasteiger partial charge is 0.508 e. The van der Waals surface area contributed by atoms with Crippen LogP contribution in [-0.4, -0.2) is 27.4 Å². The number of hydrazone groups is 1. The molecule has 0 unspecified atom stereocenters. The number of para-hydroxylation sites is 1. The van der Waals surface area contributed by atoms with Crippen LogP contribution in [0.15, 0.2) is 84.0 Å². The lowest BCUT2D eigenvalue weighted by Crippen LogP contribution is -2.17. The number of nitrogens with one attached hydrogen (secondary N) is 2. The Kier molecular flexibility index (Phi) is 6.48. The number of H-pyrrole nitrogens is 1. The molecule has 0 atom stereocenters. The van der Waals surface area contributed by atoms with Crippen LogP contribution < -0.4 is 10.2 Å². The van der Waals surface area contributed by atoms with E-state index in [9.17, 15) is 9.90 Å². The van der Waals surface area contributed by atoms with E-state index in [0.717, 1.165) is 11.1 Å². The molecule has 32 heavy (non-hydrogen) atoms. The Balaban J connectivity index is 1.43. The fourth-order valence-corrected chi connectivity index (χ4v) is 3.08. The number of aromatic amines is 1. The smallest absolute Gasteiger partial charge is 0.289 e. The minimum atomic E-state index is -0.445. The summed E-state index contributed by atoms with van der Waals surface area (Å²) in [6.07, 6.45) is 1.44. The predicted molar refractivity (Wildman–Crippen MR) is 123 cm³/mol. The van der Waals surface area contributed by atoms with Gasteiger partial charge in [-0.3, -0.25) is 9.89 Å². The molecule has 1 amide bonds. The van der Waals surface area contributed by atoms with Gasteiger partial charge in [-0.05, 0) is 53.6 Å². The molecule has 1 heterocycles. The highest BCUT2D eigenvalue weighted by Gasteiger charge is 2.14. The van der Waals surface area contributed by atoms with Crippen molar-refractivity contribution in [2.24, 2.45) is 5.10 Å². The molecule has 7 nitrogen and oxygen atoms in total. The molecule has 1 aromatic heterocycles. The van der Waals surface area contributed by atoms with Crippen LogP contribution in [0.1, 0.15) is 21.6 Å². The number of ether oxygens (including phenoxy) is 1. The van der Waals surface area contributed by atoms with Crippen LogP contribution in [0.5, 0.6) is 11.5 Å². The molecule has 0 aliphatic heterocycles. The molecule has 0 radical (unpaired) electrons. The SMILES string of the molecule is O=C(N/N=C\c1cccc(O)c1)c1cc(-c2ccccc2OCc2ccc(Cl)cc2)n[nH]1. The van der Waals surface area contributed by atoms with Crippen LogP contribution in [0, 0.1) is 0 Å². The maximum absolute atomic E-state index is 12.4. The third-order valence-corrected chi connectivity index (χ3v) is 4.79. The highest BCUT2D eigenvalue weighted by Crippen LogP contribution is 2.29. The number of halogens is 1. The first-order chi connectivity index (χ1) is 15.6. The number of nitrogens with zero attached hydrogens (tertiary/aromatic N) is 2. The summed E-state index contributed by atoms with van der Waals surface area (Å²) in [5.74, 6) is 0.318. The van der Waals surface area contributed by atoms with E-state index in [0.29, 0.717) is 28.6 Å². The Morgan fingerprint density at radius 3 is 2.72 bits per heavy atom. The van der Waals surface area contributed by atoms with Gasteiger partial charge in [-0.25, -0.2) is 5.43 Å². The third kappa shape index (κ3) is 5.33. The number of carbonyl (C=O) groups is 1. The number of phenolic OH excluding ortho intramolecular Hbond substituents is 1. The zero-order valence-electron chi connectivity index (χ0n) is 16.8. The number of phenols is 1. The minimum absolute atomic E-state index is 0.121. The van der Waals surface area contributed by atoms with Crippen LogP contribution in [0.2, 0.25) is 5.02 Å². The summed E-state index contributed by atoms with van der Waals surface area (Å²) in [6, 6.07) is 23.0. The quantitative estimate of drug-likeness (QED) is 0.281. The first kappa shape index (κ1) is 21.1. The molecule has 8 heteroatoms. The zero-order valence-corrected chi connectivity index (χ0v) is 17.6. The molecule has 0 aliphatic rings. The molecule has 4 aromatic rings.